The fraction of sp³-hybridized carbons (Fsp3) is 0.841. The number of likely N-dealkylation sites (N-methyl/N-ethyl adjacent to an activating group) is 1. The van der Waals surface area contributed by atoms with Crippen molar-refractivity contribution in [2.24, 2.45) is 0 Å². The lowest BCUT2D eigenvalue weighted by Gasteiger charge is -2.24. The SMILES string of the molecule is CC/C=C\C/C=C\C/C=C\C/C=C\C/C=C\C/C=C\CCCCCCCCCCCCCCCCCCCCC(=O)OC(COC(=O)CCCCCCCCCCCCCCCCCCCCCCCCCCCCCCCCCCCCCCC)COP(=O)(O)OCC[N+](C)(C)C. The maximum atomic E-state index is 12.9. The van der Waals surface area contributed by atoms with E-state index in [9.17, 15) is 19.0 Å². The normalized spacial score (nSPS) is 13.3. The number of carbonyl (C=O) groups is 2. The topological polar surface area (TPSA) is 108 Å². The van der Waals surface area contributed by atoms with Crippen LogP contribution in [0.15, 0.2) is 72.9 Å². The number of hydrogen-bond acceptors (Lipinski definition) is 7. The van der Waals surface area contributed by atoms with Gasteiger partial charge in [0.05, 0.1) is 27.7 Å². The summed E-state index contributed by atoms with van der Waals surface area (Å²) in [5.74, 6) is -0.774. The largest absolute Gasteiger partial charge is 0.472 e. The Balaban J connectivity index is 3.89. The monoisotopic (exact) mass is 1400 g/mol. The first-order valence-electron chi connectivity index (χ1n) is 42.7. The van der Waals surface area contributed by atoms with Gasteiger partial charge in [0.2, 0.25) is 0 Å². The lowest BCUT2D eigenvalue weighted by Crippen LogP contribution is -2.37. The Bertz CT molecular complexity index is 1890. The van der Waals surface area contributed by atoms with Crippen molar-refractivity contribution in [1.82, 2.24) is 0 Å². The van der Waals surface area contributed by atoms with E-state index in [2.05, 4.69) is 86.8 Å². The van der Waals surface area contributed by atoms with Gasteiger partial charge in [0, 0.05) is 12.8 Å². The lowest BCUT2D eigenvalue weighted by atomic mass is 10.0. The molecule has 0 rings (SSSR count). The van der Waals surface area contributed by atoms with Gasteiger partial charge in [-0.25, -0.2) is 4.57 Å². The number of phosphoric ester groups is 1. The average Bonchev–Trinajstić information content (AvgIpc) is 1.08. The van der Waals surface area contributed by atoms with Crippen molar-refractivity contribution < 1.29 is 42.1 Å². The second-order valence-corrected chi connectivity index (χ2v) is 31.7. The molecule has 0 heterocycles. The van der Waals surface area contributed by atoms with Crippen LogP contribution in [-0.4, -0.2) is 74.9 Å². The summed E-state index contributed by atoms with van der Waals surface area (Å²) in [6, 6.07) is 0. The Morgan fingerprint density at radius 3 is 0.867 bits per heavy atom. The molecule has 0 bridgehead atoms. The molecular weight excluding hydrogens is 1230 g/mol. The Morgan fingerprint density at radius 1 is 0.327 bits per heavy atom. The second-order valence-electron chi connectivity index (χ2n) is 30.2. The van der Waals surface area contributed by atoms with Crippen LogP contribution in [0.4, 0.5) is 0 Å². The molecule has 0 spiro atoms. The predicted molar refractivity (Wildman–Crippen MR) is 427 cm³/mol. The van der Waals surface area contributed by atoms with E-state index in [4.69, 9.17) is 18.5 Å². The molecule has 10 heteroatoms. The molecule has 0 radical (unpaired) electrons. The lowest BCUT2D eigenvalue weighted by molar-refractivity contribution is -0.870. The van der Waals surface area contributed by atoms with Gasteiger partial charge in [0.25, 0.3) is 0 Å². The molecule has 0 aromatic carbocycles. The number of unbranched alkanes of at least 4 members (excludes halogenated alkanes) is 54. The first kappa shape index (κ1) is 95.5. The van der Waals surface area contributed by atoms with Crippen LogP contribution in [0.25, 0.3) is 0 Å². The molecule has 0 aliphatic heterocycles. The van der Waals surface area contributed by atoms with Gasteiger partial charge >= 0.3 is 19.8 Å². The summed E-state index contributed by atoms with van der Waals surface area (Å²) >= 11 is 0. The summed E-state index contributed by atoms with van der Waals surface area (Å²) in [4.78, 5) is 36.0. The van der Waals surface area contributed by atoms with Crippen molar-refractivity contribution in [3.05, 3.63) is 72.9 Å². The molecule has 0 aliphatic carbocycles. The summed E-state index contributed by atoms with van der Waals surface area (Å²) in [7, 11) is 1.50. The molecule has 9 nitrogen and oxygen atoms in total. The standard InChI is InChI=1S/C88H164NO8P/c1-6-8-10-12-14-16-18-20-22-24-26-28-30-32-34-36-38-40-42-44-46-48-50-52-54-56-58-60-62-64-66-68-70-72-74-76-78-80-87(90)94-84-86(85-96-98(92,93)95-83-82-89(3,4)5)97-88(91)81-79-77-75-73-71-69-67-65-63-61-59-57-55-53-51-49-47-45-43-41-39-37-35-33-31-29-27-25-23-21-19-17-15-13-11-9-7-2/h9,11,15,17,21,23,27,29,33,35,39,41,86H,6-8,10,12-14,16,18-20,22,24-26,28,30-32,34,36-38,40,42-85H2,1-5H3/p+1/b11-9-,17-15-,23-21-,29-27-,35-33-,41-39-. The maximum Gasteiger partial charge on any atom is 0.472 e. The van der Waals surface area contributed by atoms with Crippen LogP contribution in [0.1, 0.15) is 425 Å². The van der Waals surface area contributed by atoms with E-state index in [1.54, 1.807) is 0 Å². The van der Waals surface area contributed by atoms with Crippen molar-refractivity contribution in [3.63, 3.8) is 0 Å². The van der Waals surface area contributed by atoms with Gasteiger partial charge in [0.1, 0.15) is 19.8 Å². The summed E-state index contributed by atoms with van der Waals surface area (Å²) in [5, 5.41) is 0. The number of phosphoric acid groups is 1. The molecule has 98 heavy (non-hydrogen) atoms. The Hall–Kier alpha value is -2.55. The van der Waals surface area contributed by atoms with Crippen LogP contribution >= 0.6 is 7.82 Å². The molecule has 0 fully saturated rings. The predicted octanol–water partition coefficient (Wildman–Crippen LogP) is 28.6. The number of nitrogens with zero attached hydrogens (tertiary/aromatic N) is 1. The number of allylic oxidation sites excluding steroid dienone is 12. The number of rotatable bonds is 80. The smallest absolute Gasteiger partial charge is 0.462 e. The third-order valence-corrected chi connectivity index (χ3v) is 20.2. The van der Waals surface area contributed by atoms with E-state index in [0.717, 1.165) is 70.6 Å². The van der Waals surface area contributed by atoms with Gasteiger partial charge in [-0.15, -0.1) is 0 Å². The molecule has 2 unspecified atom stereocenters. The Morgan fingerprint density at radius 2 is 0.582 bits per heavy atom. The van der Waals surface area contributed by atoms with Gasteiger partial charge < -0.3 is 18.9 Å². The Labute approximate surface area is 609 Å². The highest BCUT2D eigenvalue weighted by molar-refractivity contribution is 7.47. The van der Waals surface area contributed by atoms with E-state index in [0.29, 0.717) is 23.9 Å². The molecular formula is C88H165NO8P+. The minimum Gasteiger partial charge on any atom is -0.462 e. The highest BCUT2D eigenvalue weighted by Gasteiger charge is 2.27. The first-order valence-corrected chi connectivity index (χ1v) is 44.2. The van der Waals surface area contributed by atoms with E-state index in [1.807, 2.05) is 21.1 Å². The average molecular weight is 1400 g/mol. The van der Waals surface area contributed by atoms with Crippen molar-refractivity contribution >= 4 is 19.8 Å². The van der Waals surface area contributed by atoms with E-state index in [1.165, 1.54) is 321 Å². The van der Waals surface area contributed by atoms with Crippen LogP contribution in [0.3, 0.4) is 0 Å². The van der Waals surface area contributed by atoms with Crippen LogP contribution in [-0.2, 0) is 32.7 Å². The van der Waals surface area contributed by atoms with Crippen LogP contribution < -0.4 is 0 Å². The third kappa shape index (κ3) is 82.4. The molecule has 1 N–H and O–H groups in total. The zero-order chi connectivity index (χ0) is 71.1. The quantitative estimate of drug-likeness (QED) is 0.0211. The zero-order valence-electron chi connectivity index (χ0n) is 65.8. The third-order valence-electron chi connectivity index (χ3n) is 19.3. The molecule has 0 aromatic heterocycles. The van der Waals surface area contributed by atoms with Crippen LogP contribution in [0, 0.1) is 0 Å². The number of quaternary nitrogens is 1. The van der Waals surface area contributed by atoms with Crippen molar-refractivity contribution in [3.8, 4) is 0 Å². The molecule has 0 saturated carbocycles. The van der Waals surface area contributed by atoms with Gasteiger partial charge in [-0.1, -0.05) is 421 Å². The highest BCUT2D eigenvalue weighted by Crippen LogP contribution is 2.43. The number of ether oxygens (including phenoxy) is 2. The van der Waals surface area contributed by atoms with Gasteiger partial charge in [-0.05, 0) is 64.2 Å². The van der Waals surface area contributed by atoms with Crippen molar-refractivity contribution in [2.45, 2.75) is 431 Å². The minimum atomic E-state index is -4.40. The minimum absolute atomic E-state index is 0.0333. The summed E-state index contributed by atoms with van der Waals surface area (Å²) in [6.45, 7) is 4.40. The number of carbonyl (C=O) groups excluding carboxylic acids is 2. The van der Waals surface area contributed by atoms with Crippen molar-refractivity contribution in [1.29, 1.82) is 0 Å². The second kappa shape index (κ2) is 78.6. The molecule has 574 valence electrons. The van der Waals surface area contributed by atoms with E-state index < -0.39 is 26.5 Å². The van der Waals surface area contributed by atoms with Crippen LogP contribution in [0.5, 0.6) is 0 Å². The Kier molecular flexibility index (Phi) is 76.5. The van der Waals surface area contributed by atoms with E-state index in [-0.39, 0.29) is 25.6 Å². The zero-order valence-corrected chi connectivity index (χ0v) is 66.7. The summed E-state index contributed by atoms with van der Waals surface area (Å²) in [5.41, 5.74) is 0. The summed E-state index contributed by atoms with van der Waals surface area (Å²) in [6.07, 6.45) is 108. The van der Waals surface area contributed by atoms with E-state index >= 15 is 0 Å². The number of hydrogen-bond donors (Lipinski definition) is 1. The molecule has 0 aliphatic rings. The molecule has 0 aromatic rings. The number of esters is 2. The fourth-order valence-electron chi connectivity index (χ4n) is 12.8. The van der Waals surface area contributed by atoms with Crippen molar-refractivity contribution in [2.75, 3.05) is 47.5 Å². The first-order chi connectivity index (χ1) is 48.0. The van der Waals surface area contributed by atoms with Gasteiger partial charge in [-0.2, -0.15) is 0 Å². The molecule has 0 amide bonds. The fourth-order valence-corrected chi connectivity index (χ4v) is 13.5. The van der Waals surface area contributed by atoms with Crippen LogP contribution in [0.2, 0.25) is 0 Å². The summed E-state index contributed by atoms with van der Waals surface area (Å²) < 4.78 is 34.9. The highest BCUT2D eigenvalue weighted by atomic mass is 31.2. The molecule has 0 saturated heterocycles. The molecule has 2 atom stereocenters. The van der Waals surface area contributed by atoms with Gasteiger partial charge in [0.15, 0.2) is 6.10 Å². The van der Waals surface area contributed by atoms with Gasteiger partial charge in [-0.3, -0.25) is 18.6 Å². The maximum absolute atomic E-state index is 12.9.